The fraction of sp³-hybridized carbons (Fsp3) is 0.488. The lowest BCUT2D eigenvalue weighted by atomic mass is 9.90. The summed E-state index contributed by atoms with van der Waals surface area (Å²) < 4.78 is 30.3. The van der Waals surface area contributed by atoms with Crippen LogP contribution in [0.25, 0.3) is 55.9 Å². The topological polar surface area (TPSA) is 335 Å². The van der Waals surface area contributed by atoms with Gasteiger partial charge in [0.05, 0.1) is 76.4 Å². The van der Waals surface area contributed by atoms with Crippen LogP contribution in [-0.2, 0) is 47.6 Å². The van der Waals surface area contributed by atoms with Crippen molar-refractivity contribution in [2.75, 3.05) is 81.0 Å². The second kappa shape index (κ2) is 37.3. The third-order valence-electron chi connectivity index (χ3n) is 23.5. The molecule has 28 heteroatoms. The summed E-state index contributed by atoms with van der Waals surface area (Å²) in [5.41, 5.74) is 14.4. The van der Waals surface area contributed by atoms with Gasteiger partial charge >= 0.3 is 24.4 Å². The Hall–Kier alpha value is -11.0. The normalized spacial score (nSPS) is 20.9. The Bertz CT molecular complexity index is 4250. The van der Waals surface area contributed by atoms with Crippen LogP contribution in [0.15, 0.2) is 132 Å². The quantitative estimate of drug-likeness (QED) is 0.0344. The van der Waals surface area contributed by atoms with Crippen LogP contribution < -0.4 is 21.3 Å². The van der Waals surface area contributed by atoms with Crippen LogP contribution >= 0.6 is 0 Å². The molecule has 114 heavy (non-hydrogen) atoms. The summed E-state index contributed by atoms with van der Waals surface area (Å²) in [5, 5.41) is 11.0. The molecule has 2 unspecified atom stereocenters. The molecule has 6 aromatic rings. The van der Waals surface area contributed by atoms with Gasteiger partial charge in [-0.1, -0.05) is 125 Å². The van der Waals surface area contributed by atoms with Crippen LogP contribution in [0, 0.1) is 23.7 Å². The van der Waals surface area contributed by atoms with Crippen molar-refractivity contribution in [1.82, 2.24) is 60.8 Å². The van der Waals surface area contributed by atoms with Gasteiger partial charge in [-0.2, -0.15) is 0 Å². The standard InChI is InChI=1S/2C43H53N7O7/c2*1-26(2)37(47-42(53)55-3)40(51)50-20-6-8-36(50)39-45-25-34(46-39)30-15-13-28(14-16-30)27-9-11-29(12-10-27)32-23-33(44-24-32)35-7-5-19-49(35)41(52)38(48-43(54)56-4)31-17-21-57-22-18-31/h2*9-16,24-26,31,35-38H,5-8,17-23H2,1-4H3,(H,45,46)(H,47,53)(H,48,54)/t35-,36?,37-,38+;35-,36?,37-,38-/m00/s1. The Labute approximate surface area is 665 Å². The molecular formula is C86H106N14O14. The van der Waals surface area contributed by atoms with Gasteiger partial charge in [0.2, 0.25) is 23.6 Å². The van der Waals surface area contributed by atoms with Crippen molar-refractivity contribution in [3.05, 3.63) is 145 Å². The number of methoxy groups -OCH3 is 4. The average molecular weight is 1560 g/mol. The number of hydrogen-bond donors (Lipinski definition) is 6. The Morgan fingerprint density at radius 3 is 0.991 bits per heavy atom. The molecule has 0 bridgehead atoms. The molecule has 8 aliphatic heterocycles. The number of nitrogens with one attached hydrogen (secondary N) is 6. The van der Waals surface area contributed by atoms with Crippen LogP contribution in [0.3, 0.4) is 0 Å². The molecular weight excluding hydrogens is 1450 g/mol. The second-order valence-corrected chi connectivity index (χ2v) is 31.2. The summed E-state index contributed by atoms with van der Waals surface area (Å²) in [4.78, 5) is 137. The van der Waals surface area contributed by atoms with Gasteiger partial charge in [-0.05, 0) is 156 Å². The molecule has 6 fully saturated rings. The van der Waals surface area contributed by atoms with Crippen molar-refractivity contribution in [2.24, 2.45) is 33.7 Å². The number of allylic oxidation sites excluding steroid dienone is 2. The van der Waals surface area contributed by atoms with E-state index in [1.807, 2.05) is 72.1 Å². The molecule has 10 heterocycles. The first-order valence-corrected chi connectivity index (χ1v) is 40.1. The van der Waals surface area contributed by atoms with Gasteiger partial charge in [-0.25, -0.2) is 29.1 Å². The number of aliphatic imine (C=N–C) groups is 2. The monoisotopic (exact) mass is 1560 g/mol. The fourth-order valence-electron chi connectivity index (χ4n) is 17.1. The highest BCUT2D eigenvalue weighted by Gasteiger charge is 2.45. The molecule has 6 saturated heterocycles. The smallest absolute Gasteiger partial charge is 0.407 e. The highest BCUT2D eigenvalue weighted by Crippen LogP contribution is 2.39. The number of aromatic amines is 2. The summed E-state index contributed by atoms with van der Waals surface area (Å²) in [6, 6.07) is 30.2. The zero-order valence-corrected chi connectivity index (χ0v) is 66.3. The Balaban J connectivity index is 0.000000199. The van der Waals surface area contributed by atoms with Crippen molar-refractivity contribution >= 4 is 70.6 Å². The Kier molecular flexibility index (Phi) is 26.5. The third kappa shape index (κ3) is 18.6. The summed E-state index contributed by atoms with van der Waals surface area (Å²) in [6.07, 6.45) is 15.9. The number of alkyl carbamates (subject to hydrolysis) is 4. The molecule has 4 aromatic carbocycles. The van der Waals surface area contributed by atoms with Crippen LogP contribution in [0.1, 0.15) is 152 Å². The number of carbonyl (C=O) groups is 8. The van der Waals surface area contributed by atoms with Crippen molar-refractivity contribution in [3.63, 3.8) is 0 Å². The average Bonchev–Trinajstić information content (AvgIpc) is 1.64. The van der Waals surface area contributed by atoms with Gasteiger partial charge in [0.1, 0.15) is 35.8 Å². The van der Waals surface area contributed by atoms with Gasteiger partial charge in [-0.3, -0.25) is 29.2 Å². The predicted octanol–water partition coefficient (Wildman–Crippen LogP) is 12.2. The minimum absolute atomic E-state index is 0.00618. The molecule has 2 aromatic heterocycles. The molecule has 6 N–H and O–H groups in total. The molecule has 14 rings (SSSR count). The molecule has 0 saturated carbocycles. The largest absolute Gasteiger partial charge is 0.453 e. The molecule has 8 atom stereocenters. The van der Waals surface area contributed by atoms with Crippen molar-refractivity contribution in [1.29, 1.82) is 0 Å². The van der Waals surface area contributed by atoms with Crippen molar-refractivity contribution in [2.45, 2.75) is 166 Å². The van der Waals surface area contributed by atoms with Crippen molar-refractivity contribution in [3.8, 4) is 44.8 Å². The van der Waals surface area contributed by atoms with E-state index < -0.39 is 48.5 Å². The number of ether oxygens (including phenoxy) is 6. The maximum absolute atomic E-state index is 14.0. The number of H-pyrrole nitrogens is 2. The number of amides is 8. The van der Waals surface area contributed by atoms with E-state index >= 15 is 0 Å². The molecule has 0 spiro atoms. The maximum Gasteiger partial charge on any atom is 0.407 e. The Morgan fingerprint density at radius 1 is 0.386 bits per heavy atom. The molecule has 0 radical (unpaired) electrons. The first kappa shape index (κ1) is 81.0. The summed E-state index contributed by atoms with van der Waals surface area (Å²) in [5.74, 6) is 0.811. The van der Waals surface area contributed by atoms with Crippen LogP contribution in [0.4, 0.5) is 19.2 Å². The van der Waals surface area contributed by atoms with E-state index in [4.69, 9.17) is 38.4 Å². The van der Waals surface area contributed by atoms with E-state index in [0.29, 0.717) is 91.1 Å². The molecule has 8 amide bonds. The zero-order chi connectivity index (χ0) is 80.1. The fourth-order valence-corrected chi connectivity index (χ4v) is 17.1. The minimum atomic E-state index is -0.686. The van der Waals surface area contributed by atoms with Gasteiger partial charge in [0.25, 0.3) is 0 Å². The highest BCUT2D eigenvalue weighted by molar-refractivity contribution is 6.05. The van der Waals surface area contributed by atoms with E-state index in [0.717, 1.165) is 141 Å². The highest BCUT2D eigenvalue weighted by atomic mass is 16.6. The summed E-state index contributed by atoms with van der Waals surface area (Å²) in [6.45, 7) is 12.4. The zero-order valence-electron chi connectivity index (χ0n) is 66.3. The predicted molar refractivity (Wildman–Crippen MR) is 430 cm³/mol. The maximum atomic E-state index is 14.0. The van der Waals surface area contributed by atoms with E-state index in [1.165, 1.54) is 28.4 Å². The van der Waals surface area contributed by atoms with Gasteiger partial charge < -0.3 is 79.3 Å². The lowest BCUT2D eigenvalue weighted by Crippen LogP contribution is -2.55. The molecule has 604 valence electrons. The number of likely N-dealkylation sites (tertiary alicyclic amines) is 4. The Morgan fingerprint density at radius 2 is 0.675 bits per heavy atom. The molecule has 8 aliphatic rings. The van der Waals surface area contributed by atoms with Gasteiger partial charge in [-0.15, -0.1) is 0 Å². The van der Waals surface area contributed by atoms with E-state index in [-0.39, 0.29) is 71.5 Å². The van der Waals surface area contributed by atoms with Crippen LogP contribution in [0.5, 0.6) is 0 Å². The first-order chi connectivity index (χ1) is 55.3. The number of imidazole rings is 2. The van der Waals surface area contributed by atoms with E-state index in [2.05, 4.69) is 138 Å². The summed E-state index contributed by atoms with van der Waals surface area (Å²) >= 11 is 0. The number of hydrogen-bond acceptors (Lipinski definition) is 18. The van der Waals surface area contributed by atoms with Crippen molar-refractivity contribution < 1.29 is 66.8 Å². The minimum Gasteiger partial charge on any atom is -0.453 e. The number of aromatic nitrogens is 4. The van der Waals surface area contributed by atoms with E-state index in [1.54, 1.807) is 0 Å². The second-order valence-electron chi connectivity index (χ2n) is 31.2. The first-order valence-electron chi connectivity index (χ1n) is 40.1. The number of rotatable bonds is 22. The molecule has 0 aliphatic carbocycles. The number of benzene rings is 4. The lowest BCUT2D eigenvalue weighted by Gasteiger charge is -2.34. The van der Waals surface area contributed by atoms with Gasteiger partial charge in [0, 0.05) is 89.3 Å². The summed E-state index contributed by atoms with van der Waals surface area (Å²) in [7, 11) is 5.21. The lowest BCUT2D eigenvalue weighted by molar-refractivity contribution is -0.136. The van der Waals surface area contributed by atoms with E-state index in [9.17, 15) is 38.4 Å². The number of nitrogens with zero attached hydrogens (tertiary/aromatic N) is 8. The van der Waals surface area contributed by atoms with Crippen LogP contribution in [-0.4, -0.2) is 216 Å². The van der Waals surface area contributed by atoms with Crippen LogP contribution in [0.2, 0.25) is 0 Å². The van der Waals surface area contributed by atoms with Gasteiger partial charge in [0.15, 0.2) is 0 Å². The third-order valence-corrected chi connectivity index (χ3v) is 23.5. The SMILES string of the molecule is COC(=O)N[C@H](C(=O)N1CCCC1c1ncc(-c2ccc(-c3ccc(C4=CN=C([C@@H]5CCCN5C(=O)[C@@H](NC(=O)OC)C5CCOCC5)C4)cc3)cc2)[nH]1)C(C)C.COC(=O)N[C@H](C(=O)N1CCCC1c1ncc(-c2ccc(-c3ccc(C4=CN=C([C@@H]5CCCN5C(=O)[C@H](NC(=O)OC)C5CCOCC5)C4)cc3)cc2)[nH]1)C(C)C. The number of carbonyl (C=O) groups excluding carboxylic acids is 8. The molecule has 28 nitrogen and oxygen atoms in total.